The molecule has 0 unspecified atom stereocenters. The zero-order valence-corrected chi connectivity index (χ0v) is 11.4. The molecule has 0 radical (unpaired) electrons. The number of hydrogen-bond acceptors (Lipinski definition) is 0. The van der Waals surface area contributed by atoms with E-state index < -0.39 is 34.2 Å². The summed E-state index contributed by atoms with van der Waals surface area (Å²) < 4.78 is 53.7. The van der Waals surface area contributed by atoms with E-state index >= 15 is 0 Å². The first kappa shape index (κ1) is 14.7. The predicted molar refractivity (Wildman–Crippen MR) is 71.4 cm³/mol. The second-order valence-electron chi connectivity index (χ2n) is 4.16. The molecule has 0 saturated heterocycles. The minimum absolute atomic E-state index is 0.129. The van der Waals surface area contributed by atoms with E-state index in [2.05, 4.69) is 6.58 Å². The van der Waals surface area contributed by atoms with Crippen molar-refractivity contribution in [3.8, 4) is 0 Å². The Bertz CT molecular complexity index is 615. The number of allylic oxidation sites excluding steroid dienone is 1. The van der Waals surface area contributed by atoms with Crippen LogP contribution in [0.15, 0.2) is 57.7 Å². The summed E-state index contributed by atoms with van der Waals surface area (Å²) in [6.45, 7) is 5.35. The van der Waals surface area contributed by atoms with Crippen LogP contribution in [0.25, 0.3) is 0 Å². The third kappa shape index (κ3) is 2.88. The summed E-state index contributed by atoms with van der Waals surface area (Å²) in [5, 5.41) is 0. The zero-order chi connectivity index (χ0) is 14.9. The first-order valence-corrected chi connectivity index (χ1v) is 6.92. The third-order valence-electron chi connectivity index (χ3n) is 2.58. The Morgan fingerprint density at radius 2 is 1.25 bits per heavy atom. The maximum atomic E-state index is 13.9. The van der Waals surface area contributed by atoms with Gasteiger partial charge >= 0.3 is 0 Å². The summed E-state index contributed by atoms with van der Waals surface area (Å²) in [6, 6.07) is 6.18. The van der Waals surface area contributed by atoms with Crippen molar-refractivity contribution in [3.05, 3.63) is 71.2 Å². The van der Waals surface area contributed by atoms with Crippen LogP contribution in [-0.2, 0) is 10.9 Å². The summed E-state index contributed by atoms with van der Waals surface area (Å²) in [5.74, 6) is -2.98. The van der Waals surface area contributed by atoms with Gasteiger partial charge in [-0.15, -0.1) is 0 Å². The highest BCUT2D eigenvalue weighted by Crippen LogP contribution is 2.33. The van der Waals surface area contributed by atoms with Gasteiger partial charge in [0.2, 0.25) is 9.79 Å². The molecule has 0 aliphatic heterocycles. The second-order valence-corrected chi connectivity index (χ2v) is 6.35. The van der Waals surface area contributed by atoms with Crippen molar-refractivity contribution in [3.63, 3.8) is 0 Å². The van der Waals surface area contributed by atoms with E-state index in [0.29, 0.717) is 4.91 Å². The van der Waals surface area contributed by atoms with E-state index in [1.54, 1.807) is 6.92 Å². The Kier molecular flexibility index (Phi) is 4.18. The molecule has 0 nitrogen and oxygen atoms in total. The van der Waals surface area contributed by atoms with Crippen LogP contribution in [0.5, 0.6) is 0 Å². The Labute approximate surface area is 117 Å². The third-order valence-corrected chi connectivity index (χ3v) is 4.81. The molecule has 0 N–H and O–H groups in total. The van der Waals surface area contributed by atoms with Gasteiger partial charge in [-0.2, -0.15) is 0 Å². The molecule has 2 aromatic carbocycles. The lowest BCUT2D eigenvalue weighted by atomic mass is 10.3. The topological polar surface area (TPSA) is 0 Å². The fourth-order valence-electron chi connectivity index (χ4n) is 1.78. The van der Waals surface area contributed by atoms with Crippen LogP contribution >= 0.6 is 0 Å². The molecule has 5 heteroatoms. The molecule has 0 amide bonds. The minimum Gasteiger partial charge on any atom is -0.207 e. The van der Waals surface area contributed by atoms with E-state index in [1.165, 1.54) is 12.1 Å². The van der Waals surface area contributed by atoms with Crippen LogP contribution in [-0.4, -0.2) is 0 Å². The molecule has 0 aromatic heterocycles. The first-order valence-electron chi connectivity index (χ1n) is 5.70. The fourth-order valence-corrected chi connectivity index (χ4v) is 3.68. The number of halogens is 4. The predicted octanol–water partition coefficient (Wildman–Crippen LogP) is 4.81. The van der Waals surface area contributed by atoms with E-state index in [9.17, 15) is 17.6 Å². The Hall–Kier alpha value is -1.75. The van der Waals surface area contributed by atoms with Crippen molar-refractivity contribution in [1.82, 2.24) is 0 Å². The molecule has 2 aromatic rings. The maximum absolute atomic E-state index is 13.9. The highest BCUT2D eigenvalue weighted by Gasteiger charge is 2.33. The summed E-state index contributed by atoms with van der Waals surface area (Å²) in [4.78, 5) is 0.759. The normalized spacial score (nSPS) is 10.9. The molecule has 0 aliphatic carbocycles. The molecular weight excluding hydrogens is 288 g/mol. The molecular formula is C15H11F4S+. The van der Waals surface area contributed by atoms with Crippen molar-refractivity contribution in [2.45, 2.75) is 16.7 Å². The standard InChI is InChI=1S/C15H11F4S/c1-9(2)20(14-5-3-10(16)7-12(14)18)15-6-4-11(17)8-13(15)19/h3-8H,1H2,2H3/q+1. The van der Waals surface area contributed by atoms with E-state index in [-0.39, 0.29) is 9.79 Å². The lowest BCUT2D eigenvalue weighted by Gasteiger charge is -2.08. The van der Waals surface area contributed by atoms with Crippen molar-refractivity contribution in [1.29, 1.82) is 0 Å². The van der Waals surface area contributed by atoms with Gasteiger partial charge < -0.3 is 0 Å². The van der Waals surface area contributed by atoms with Gasteiger partial charge in [-0.1, -0.05) is 0 Å². The van der Waals surface area contributed by atoms with Crippen molar-refractivity contribution >= 4 is 10.9 Å². The maximum Gasteiger partial charge on any atom is 0.202 e. The van der Waals surface area contributed by atoms with Crippen LogP contribution in [0.1, 0.15) is 6.92 Å². The van der Waals surface area contributed by atoms with E-state index in [1.807, 2.05) is 0 Å². The minimum atomic E-state index is -1.12. The van der Waals surface area contributed by atoms with Gasteiger partial charge in [-0.3, -0.25) is 0 Å². The quantitative estimate of drug-likeness (QED) is 0.563. The SMILES string of the molecule is C=C(C)[S+](c1ccc(F)cc1F)c1ccc(F)cc1F. The van der Waals surface area contributed by atoms with Gasteiger partial charge in [-0.25, -0.2) is 17.6 Å². The van der Waals surface area contributed by atoms with Crippen LogP contribution in [0.3, 0.4) is 0 Å². The lowest BCUT2D eigenvalue weighted by Crippen LogP contribution is -2.09. The van der Waals surface area contributed by atoms with Crippen LogP contribution < -0.4 is 0 Å². The van der Waals surface area contributed by atoms with Crippen molar-refractivity contribution in [2.24, 2.45) is 0 Å². The van der Waals surface area contributed by atoms with Crippen LogP contribution in [0.4, 0.5) is 17.6 Å². The molecule has 0 aliphatic rings. The van der Waals surface area contributed by atoms with Gasteiger partial charge in [0.1, 0.15) is 27.4 Å². The fraction of sp³-hybridized carbons (Fsp3) is 0.0667. The first-order chi connectivity index (χ1) is 9.40. The monoisotopic (exact) mass is 299 g/mol. The molecule has 0 saturated carbocycles. The van der Waals surface area contributed by atoms with Gasteiger partial charge in [0, 0.05) is 31.2 Å². The molecule has 0 heterocycles. The molecule has 0 bridgehead atoms. The highest BCUT2D eigenvalue weighted by atomic mass is 32.2. The Balaban J connectivity index is 2.59. The average molecular weight is 299 g/mol. The van der Waals surface area contributed by atoms with Crippen molar-refractivity contribution in [2.75, 3.05) is 0 Å². The Morgan fingerprint density at radius 1 is 0.850 bits per heavy atom. The molecule has 20 heavy (non-hydrogen) atoms. The smallest absolute Gasteiger partial charge is 0.202 e. The number of benzene rings is 2. The van der Waals surface area contributed by atoms with Crippen LogP contribution in [0, 0.1) is 23.3 Å². The molecule has 2 rings (SSSR count). The lowest BCUT2D eigenvalue weighted by molar-refractivity contribution is 0.560. The molecule has 104 valence electrons. The number of rotatable bonds is 3. The largest absolute Gasteiger partial charge is 0.207 e. The summed E-state index contributed by atoms with van der Waals surface area (Å²) >= 11 is 0. The molecule has 0 atom stereocenters. The summed E-state index contributed by atoms with van der Waals surface area (Å²) in [6.07, 6.45) is 0. The van der Waals surface area contributed by atoms with Gasteiger partial charge in [-0.05, 0) is 18.7 Å². The van der Waals surface area contributed by atoms with Crippen LogP contribution in [0.2, 0.25) is 0 Å². The van der Waals surface area contributed by atoms with E-state index in [4.69, 9.17) is 0 Å². The summed E-state index contributed by atoms with van der Waals surface area (Å²) in [7, 11) is -1.12. The molecule has 0 spiro atoms. The van der Waals surface area contributed by atoms with Gasteiger partial charge in [0.15, 0.2) is 11.6 Å². The van der Waals surface area contributed by atoms with Gasteiger partial charge in [0.25, 0.3) is 0 Å². The molecule has 0 fully saturated rings. The zero-order valence-electron chi connectivity index (χ0n) is 10.6. The summed E-state index contributed by atoms with van der Waals surface area (Å²) in [5.41, 5.74) is 0. The second kappa shape index (κ2) is 5.71. The Morgan fingerprint density at radius 3 is 1.55 bits per heavy atom. The average Bonchev–Trinajstić information content (AvgIpc) is 2.34. The highest BCUT2D eigenvalue weighted by molar-refractivity contribution is 8.00. The van der Waals surface area contributed by atoms with Gasteiger partial charge in [0.05, 0.1) is 0 Å². The van der Waals surface area contributed by atoms with Crippen molar-refractivity contribution < 1.29 is 17.6 Å². The van der Waals surface area contributed by atoms with E-state index in [0.717, 1.165) is 24.3 Å². The number of hydrogen-bond donors (Lipinski definition) is 0.